The van der Waals surface area contributed by atoms with Gasteiger partial charge in [0.2, 0.25) is 5.91 Å². The van der Waals surface area contributed by atoms with Crippen LogP contribution in [0.15, 0.2) is 24.3 Å². The van der Waals surface area contributed by atoms with Gasteiger partial charge in [-0.2, -0.15) is 13.2 Å². The van der Waals surface area contributed by atoms with Gasteiger partial charge < -0.3 is 19.9 Å². The van der Waals surface area contributed by atoms with Gasteiger partial charge in [-0.25, -0.2) is 9.59 Å². The molecule has 3 aliphatic rings. The third-order valence-electron chi connectivity index (χ3n) is 7.26. The van der Waals surface area contributed by atoms with Crippen molar-refractivity contribution in [2.45, 2.75) is 63.9 Å². The van der Waals surface area contributed by atoms with Crippen molar-refractivity contribution >= 4 is 23.7 Å². The fourth-order valence-electron chi connectivity index (χ4n) is 4.92. The number of anilines is 1. The number of nitrogens with zero attached hydrogens (tertiary/aromatic N) is 4. The lowest BCUT2D eigenvalue weighted by Crippen LogP contribution is -2.65. The number of nitrogens with one attached hydrogen (secondary N) is 1. The molecule has 1 aliphatic carbocycles. The van der Waals surface area contributed by atoms with E-state index in [1.165, 1.54) is 28.4 Å². The van der Waals surface area contributed by atoms with E-state index in [0.717, 1.165) is 25.0 Å². The third-order valence-corrected chi connectivity index (χ3v) is 7.26. The highest BCUT2D eigenvalue weighted by atomic mass is 19.4. The fraction of sp³-hybridized carbons (Fsp3) is 0.654. The molecule has 1 saturated carbocycles. The van der Waals surface area contributed by atoms with Crippen molar-refractivity contribution in [3.63, 3.8) is 0 Å². The van der Waals surface area contributed by atoms with Crippen molar-refractivity contribution in [2.75, 3.05) is 51.1 Å². The second kappa shape index (κ2) is 11.0. The van der Waals surface area contributed by atoms with E-state index in [2.05, 4.69) is 10.2 Å². The molecule has 1 atom stereocenters. The maximum absolute atomic E-state index is 13.6. The summed E-state index contributed by atoms with van der Waals surface area (Å²) in [4.78, 5) is 46.3. The van der Waals surface area contributed by atoms with E-state index in [4.69, 9.17) is 4.74 Å². The lowest BCUT2D eigenvalue weighted by molar-refractivity contribution is -0.141. The van der Waals surface area contributed by atoms with Crippen LogP contribution in [0.4, 0.5) is 28.4 Å². The topological polar surface area (TPSA) is 85.4 Å². The number of piperazine rings is 2. The minimum Gasteiger partial charge on any atom is -0.444 e. The Morgan fingerprint density at radius 2 is 1.50 bits per heavy atom. The van der Waals surface area contributed by atoms with E-state index in [0.29, 0.717) is 38.8 Å². The Hall–Kier alpha value is -3.02. The van der Waals surface area contributed by atoms with E-state index >= 15 is 0 Å². The zero-order chi connectivity index (χ0) is 27.7. The predicted molar refractivity (Wildman–Crippen MR) is 135 cm³/mol. The summed E-state index contributed by atoms with van der Waals surface area (Å²) >= 11 is 0. The molecule has 9 nitrogen and oxygen atoms in total. The first-order valence-corrected chi connectivity index (χ1v) is 13.1. The maximum atomic E-state index is 13.6. The summed E-state index contributed by atoms with van der Waals surface area (Å²) in [6, 6.07) is 3.59. The van der Waals surface area contributed by atoms with Gasteiger partial charge in [-0.3, -0.25) is 14.6 Å². The first-order chi connectivity index (χ1) is 17.8. The van der Waals surface area contributed by atoms with Crippen LogP contribution < -0.4 is 5.32 Å². The first-order valence-electron chi connectivity index (χ1n) is 13.1. The number of rotatable bonds is 3. The van der Waals surface area contributed by atoms with Crippen molar-refractivity contribution in [1.29, 1.82) is 0 Å². The summed E-state index contributed by atoms with van der Waals surface area (Å²) in [5.41, 5.74) is -1.21. The van der Waals surface area contributed by atoms with Gasteiger partial charge in [0.25, 0.3) is 0 Å². The lowest BCUT2D eigenvalue weighted by atomic mass is 9.90. The Balaban J connectivity index is 1.35. The number of hydrogen-bond donors (Lipinski definition) is 1. The molecule has 1 N–H and O–H groups in total. The molecule has 38 heavy (non-hydrogen) atoms. The number of benzene rings is 1. The van der Waals surface area contributed by atoms with E-state index in [1.54, 1.807) is 25.7 Å². The maximum Gasteiger partial charge on any atom is 0.416 e. The van der Waals surface area contributed by atoms with Gasteiger partial charge in [0, 0.05) is 57.5 Å². The third kappa shape index (κ3) is 6.69. The molecule has 3 fully saturated rings. The molecule has 4 rings (SSSR count). The van der Waals surface area contributed by atoms with Gasteiger partial charge >= 0.3 is 18.3 Å². The van der Waals surface area contributed by atoms with E-state index in [-0.39, 0.29) is 24.7 Å². The summed E-state index contributed by atoms with van der Waals surface area (Å²) < 4.78 is 43.9. The lowest BCUT2D eigenvalue weighted by Gasteiger charge is -2.47. The number of ether oxygens (including phenoxy) is 1. The Kier molecular flexibility index (Phi) is 8.10. The molecule has 4 amide bonds. The predicted octanol–water partition coefficient (Wildman–Crippen LogP) is 3.86. The highest BCUT2D eigenvalue weighted by Gasteiger charge is 2.42. The normalized spacial score (nSPS) is 21.6. The molecule has 1 aromatic rings. The average Bonchev–Trinajstić information content (AvgIpc) is 2.81. The van der Waals surface area contributed by atoms with Gasteiger partial charge in [-0.1, -0.05) is 6.42 Å². The van der Waals surface area contributed by atoms with Gasteiger partial charge in [-0.05, 0) is 57.9 Å². The second-order valence-corrected chi connectivity index (χ2v) is 11.1. The van der Waals surface area contributed by atoms with Crippen LogP contribution in [-0.4, -0.2) is 101 Å². The van der Waals surface area contributed by atoms with Crippen molar-refractivity contribution in [3.8, 4) is 0 Å². The van der Waals surface area contributed by atoms with Crippen LogP contribution in [0.3, 0.4) is 0 Å². The molecule has 2 saturated heterocycles. The molecule has 1 aromatic carbocycles. The SMILES string of the molecule is CC(C)(C)OC(=O)N1CCN(C2CCC2)CC1C(=O)N1CCN(C(=O)Nc2ccc(C(F)(F)F)cc2)CC1. The Labute approximate surface area is 220 Å². The molecule has 210 valence electrons. The molecule has 12 heteroatoms. The summed E-state index contributed by atoms with van der Waals surface area (Å²) in [5, 5.41) is 2.61. The van der Waals surface area contributed by atoms with Crippen LogP contribution in [0.1, 0.15) is 45.6 Å². The molecule has 0 bridgehead atoms. The number of carbonyl (C=O) groups excluding carboxylic acids is 3. The van der Waals surface area contributed by atoms with Gasteiger partial charge in [0.1, 0.15) is 11.6 Å². The monoisotopic (exact) mass is 539 g/mol. The van der Waals surface area contributed by atoms with Crippen molar-refractivity contribution in [2.24, 2.45) is 0 Å². The number of alkyl halides is 3. The fourth-order valence-corrected chi connectivity index (χ4v) is 4.92. The van der Waals surface area contributed by atoms with Crippen LogP contribution >= 0.6 is 0 Å². The number of urea groups is 1. The van der Waals surface area contributed by atoms with E-state index in [9.17, 15) is 27.6 Å². The highest BCUT2D eigenvalue weighted by Crippen LogP contribution is 2.30. The Morgan fingerprint density at radius 1 is 0.895 bits per heavy atom. The summed E-state index contributed by atoms with van der Waals surface area (Å²) in [6.07, 6.45) is -1.58. The van der Waals surface area contributed by atoms with Crippen LogP contribution in [0.5, 0.6) is 0 Å². The summed E-state index contributed by atoms with van der Waals surface area (Å²) in [5.74, 6) is -0.164. The van der Waals surface area contributed by atoms with Crippen LogP contribution in [0.25, 0.3) is 0 Å². The van der Waals surface area contributed by atoms with Crippen molar-refractivity contribution in [3.05, 3.63) is 29.8 Å². The molecule has 0 radical (unpaired) electrons. The quantitative estimate of drug-likeness (QED) is 0.631. The second-order valence-electron chi connectivity index (χ2n) is 11.1. The average molecular weight is 540 g/mol. The zero-order valence-electron chi connectivity index (χ0n) is 22.1. The van der Waals surface area contributed by atoms with E-state index < -0.39 is 35.5 Å². The number of amides is 4. The smallest absolute Gasteiger partial charge is 0.416 e. The van der Waals surface area contributed by atoms with Crippen LogP contribution in [0.2, 0.25) is 0 Å². The van der Waals surface area contributed by atoms with Gasteiger partial charge in [0.15, 0.2) is 0 Å². The Morgan fingerprint density at radius 3 is 2.03 bits per heavy atom. The minimum absolute atomic E-state index is 0.164. The van der Waals surface area contributed by atoms with Crippen molar-refractivity contribution in [1.82, 2.24) is 19.6 Å². The summed E-state index contributed by atoms with van der Waals surface area (Å²) in [6.45, 7) is 8.07. The number of halogens is 3. The van der Waals surface area contributed by atoms with E-state index in [1.807, 2.05) is 0 Å². The molecule has 0 spiro atoms. The van der Waals surface area contributed by atoms with Gasteiger partial charge in [0.05, 0.1) is 5.56 Å². The minimum atomic E-state index is -4.45. The zero-order valence-corrected chi connectivity index (χ0v) is 22.1. The molecule has 1 unspecified atom stereocenters. The number of hydrogen-bond acceptors (Lipinski definition) is 5. The molecular weight excluding hydrogens is 503 g/mol. The standard InChI is InChI=1S/C26H36F3N5O4/c1-25(2,3)38-24(37)34-16-15-33(20-5-4-6-20)17-21(34)22(35)31-11-13-32(14-12-31)23(36)30-19-9-7-18(8-10-19)26(27,28)29/h7-10,20-21H,4-6,11-17H2,1-3H3,(H,30,36). The van der Waals surface area contributed by atoms with Crippen LogP contribution in [0, 0.1) is 0 Å². The Bertz CT molecular complexity index is 1020. The largest absolute Gasteiger partial charge is 0.444 e. The highest BCUT2D eigenvalue weighted by molar-refractivity contribution is 5.90. The molecule has 0 aromatic heterocycles. The summed E-state index contributed by atoms with van der Waals surface area (Å²) in [7, 11) is 0. The number of carbonyl (C=O) groups is 3. The van der Waals surface area contributed by atoms with Crippen molar-refractivity contribution < 1.29 is 32.3 Å². The first kappa shape index (κ1) is 28.0. The molecular formula is C26H36F3N5O4. The molecule has 2 heterocycles. The molecule has 2 aliphatic heterocycles. The van der Waals surface area contributed by atoms with Gasteiger partial charge in [-0.15, -0.1) is 0 Å². The van der Waals surface area contributed by atoms with Crippen LogP contribution in [-0.2, 0) is 15.7 Å².